The number of anilines is 1. The second-order valence-electron chi connectivity index (χ2n) is 4.77. The van der Waals surface area contributed by atoms with E-state index in [2.05, 4.69) is 21.9 Å². The maximum absolute atomic E-state index is 6.40. The van der Waals surface area contributed by atoms with E-state index < -0.39 is 0 Å². The van der Waals surface area contributed by atoms with Gasteiger partial charge in [-0.25, -0.2) is 4.98 Å². The number of hydrogen-bond acceptors (Lipinski definition) is 4. The molecule has 0 amide bonds. The average Bonchev–Trinajstić information content (AvgIpc) is 2.82. The number of pyridine rings is 1. The molecule has 0 radical (unpaired) electrons. The van der Waals surface area contributed by atoms with E-state index in [9.17, 15) is 0 Å². The Labute approximate surface area is 117 Å². The smallest absolute Gasteiger partial charge is 0.131 e. The number of aromatic nitrogens is 3. The number of rotatable bonds is 2. The highest BCUT2D eigenvalue weighted by Crippen LogP contribution is 2.28. The predicted molar refractivity (Wildman–Crippen MR) is 75.8 cm³/mol. The van der Waals surface area contributed by atoms with Gasteiger partial charge in [0.25, 0.3) is 0 Å². The van der Waals surface area contributed by atoms with Crippen LogP contribution in [0.4, 0.5) is 5.82 Å². The fourth-order valence-electron chi connectivity index (χ4n) is 2.49. The minimum absolute atomic E-state index is 0.316. The first-order chi connectivity index (χ1) is 9.20. The van der Waals surface area contributed by atoms with Gasteiger partial charge in [0.2, 0.25) is 0 Å². The van der Waals surface area contributed by atoms with E-state index in [1.165, 1.54) is 0 Å². The van der Waals surface area contributed by atoms with Crippen LogP contribution in [0.15, 0.2) is 12.3 Å². The van der Waals surface area contributed by atoms with Crippen molar-refractivity contribution in [2.24, 2.45) is 0 Å². The fraction of sp³-hybridized carbons (Fsp3) is 0.538. The predicted octanol–water partition coefficient (Wildman–Crippen LogP) is 2.33. The highest BCUT2D eigenvalue weighted by Gasteiger charge is 2.21. The number of fused-ring (bicyclic) bond motifs is 1. The van der Waals surface area contributed by atoms with Gasteiger partial charge < -0.3 is 9.64 Å². The molecule has 0 unspecified atom stereocenters. The summed E-state index contributed by atoms with van der Waals surface area (Å²) in [5, 5.41) is 5.01. The van der Waals surface area contributed by atoms with E-state index in [0.717, 1.165) is 43.2 Å². The molecule has 3 heterocycles. The lowest BCUT2D eigenvalue weighted by Crippen LogP contribution is -2.44. The van der Waals surface area contributed by atoms with Gasteiger partial charge in [-0.05, 0) is 13.8 Å². The number of ether oxygens (including phenoxy) is 1. The Morgan fingerprint density at radius 3 is 3.11 bits per heavy atom. The molecule has 0 bridgehead atoms. The van der Waals surface area contributed by atoms with Gasteiger partial charge in [0.05, 0.1) is 30.5 Å². The van der Waals surface area contributed by atoms with Crippen LogP contribution < -0.4 is 4.90 Å². The summed E-state index contributed by atoms with van der Waals surface area (Å²) < 4.78 is 7.33. The van der Waals surface area contributed by atoms with Crippen LogP contribution in [0.3, 0.4) is 0 Å². The second-order valence-corrected chi connectivity index (χ2v) is 5.18. The highest BCUT2D eigenvalue weighted by atomic mass is 35.5. The molecule has 0 spiro atoms. The molecule has 102 valence electrons. The van der Waals surface area contributed by atoms with Crippen LogP contribution in [0.2, 0.25) is 5.02 Å². The number of halogens is 1. The van der Waals surface area contributed by atoms with Crippen LogP contribution in [0, 0.1) is 0 Å². The summed E-state index contributed by atoms with van der Waals surface area (Å²) in [4.78, 5) is 6.92. The van der Waals surface area contributed by atoms with Crippen LogP contribution in [0.1, 0.15) is 13.8 Å². The molecular formula is C13H17ClN4O. The van der Waals surface area contributed by atoms with Crippen LogP contribution >= 0.6 is 11.6 Å². The summed E-state index contributed by atoms with van der Waals surface area (Å²) in [7, 11) is 0. The molecule has 0 aliphatic carbocycles. The third-order valence-electron chi connectivity index (χ3n) is 3.50. The Bertz CT molecular complexity index is 598. The SMILES string of the molecule is CCn1ncc2nc(N3CCOC[C@H]3C)cc(Cl)c21. The van der Waals surface area contributed by atoms with Crippen molar-refractivity contribution in [1.29, 1.82) is 0 Å². The van der Waals surface area contributed by atoms with Gasteiger partial charge in [-0.15, -0.1) is 0 Å². The zero-order chi connectivity index (χ0) is 13.4. The van der Waals surface area contributed by atoms with Gasteiger partial charge in [-0.3, -0.25) is 4.68 Å². The molecule has 2 aromatic rings. The topological polar surface area (TPSA) is 43.2 Å². The van der Waals surface area contributed by atoms with Crippen molar-refractivity contribution in [2.75, 3.05) is 24.7 Å². The summed E-state index contributed by atoms with van der Waals surface area (Å²) in [6.07, 6.45) is 1.78. The quantitative estimate of drug-likeness (QED) is 0.847. The first-order valence-corrected chi connectivity index (χ1v) is 6.95. The van der Waals surface area contributed by atoms with Gasteiger partial charge in [-0.1, -0.05) is 11.6 Å². The van der Waals surface area contributed by atoms with Crippen LogP contribution in [-0.4, -0.2) is 40.6 Å². The molecule has 1 atom stereocenters. The molecule has 1 aliphatic rings. The second kappa shape index (κ2) is 4.98. The van der Waals surface area contributed by atoms with Gasteiger partial charge in [0.15, 0.2) is 0 Å². The Kier molecular flexibility index (Phi) is 3.33. The minimum Gasteiger partial charge on any atom is -0.377 e. The first-order valence-electron chi connectivity index (χ1n) is 6.57. The van der Waals surface area contributed by atoms with Crippen LogP contribution in [-0.2, 0) is 11.3 Å². The third-order valence-corrected chi connectivity index (χ3v) is 3.79. The van der Waals surface area contributed by atoms with E-state index in [-0.39, 0.29) is 0 Å². The Balaban J connectivity index is 2.05. The number of nitrogens with zero attached hydrogens (tertiary/aromatic N) is 4. The van der Waals surface area contributed by atoms with Crippen molar-refractivity contribution < 1.29 is 4.74 Å². The maximum atomic E-state index is 6.40. The average molecular weight is 281 g/mol. The zero-order valence-electron chi connectivity index (χ0n) is 11.1. The van der Waals surface area contributed by atoms with Crippen LogP contribution in [0.5, 0.6) is 0 Å². The minimum atomic E-state index is 0.316. The highest BCUT2D eigenvalue weighted by molar-refractivity contribution is 6.35. The molecule has 1 fully saturated rings. The summed E-state index contributed by atoms with van der Waals surface area (Å²) in [5.41, 5.74) is 1.76. The molecule has 0 N–H and O–H groups in total. The van der Waals surface area contributed by atoms with E-state index in [0.29, 0.717) is 11.1 Å². The largest absolute Gasteiger partial charge is 0.377 e. The fourth-order valence-corrected chi connectivity index (χ4v) is 2.79. The summed E-state index contributed by atoms with van der Waals surface area (Å²) in [5.74, 6) is 0.906. The van der Waals surface area contributed by atoms with E-state index in [4.69, 9.17) is 16.3 Å². The summed E-state index contributed by atoms with van der Waals surface area (Å²) in [6, 6.07) is 2.25. The molecule has 5 nitrogen and oxygen atoms in total. The van der Waals surface area contributed by atoms with Crippen molar-refractivity contribution in [3.63, 3.8) is 0 Å². The van der Waals surface area contributed by atoms with Gasteiger partial charge in [-0.2, -0.15) is 5.10 Å². The lowest BCUT2D eigenvalue weighted by Gasteiger charge is -2.34. The molecule has 1 aliphatic heterocycles. The van der Waals surface area contributed by atoms with Crippen molar-refractivity contribution in [3.8, 4) is 0 Å². The summed E-state index contributed by atoms with van der Waals surface area (Å²) >= 11 is 6.40. The number of aryl methyl sites for hydroxylation is 1. The molecule has 3 rings (SSSR count). The number of morpholine rings is 1. The van der Waals surface area contributed by atoms with Crippen molar-refractivity contribution >= 4 is 28.5 Å². The molecule has 1 saturated heterocycles. The summed E-state index contributed by atoms with van der Waals surface area (Å²) in [6.45, 7) is 7.27. The lowest BCUT2D eigenvalue weighted by molar-refractivity contribution is 0.0986. The first kappa shape index (κ1) is 12.7. The third kappa shape index (κ3) is 2.17. The number of hydrogen-bond donors (Lipinski definition) is 0. The van der Waals surface area contributed by atoms with E-state index in [1.807, 2.05) is 17.7 Å². The van der Waals surface area contributed by atoms with Gasteiger partial charge >= 0.3 is 0 Å². The lowest BCUT2D eigenvalue weighted by atomic mass is 10.2. The monoisotopic (exact) mass is 280 g/mol. The molecule has 19 heavy (non-hydrogen) atoms. The Morgan fingerprint density at radius 2 is 2.37 bits per heavy atom. The molecule has 0 saturated carbocycles. The Morgan fingerprint density at radius 1 is 1.53 bits per heavy atom. The van der Waals surface area contributed by atoms with Gasteiger partial charge in [0, 0.05) is 19.2 Å². The van der Waals surface area contributed by atoms with Crippen LogP contribution in [0.25, 0.3) is 11.0 Å². The molecular weight excluding hydrogens is 264 g/mol. The zero-order valence-corrected chi connectivity index (χ0v) is 11.9. The van der Waals surface area contributed by atoms with Crippen molar-refractivity contribution in [3.05, 3.63) is 17.3 Å². The standard InChI is InChI=1S/C13H17ClN4O/c1-3-18-13-10(14)6-12(16-11(13)7-15-18)17-4-5-19-8-9(17)2/h6-7,9H,3-5,8H2,1-2H3/t9-/m1/s1. The van der Waals surface area contributed by atoms with Crippen molar-refractivity contribution in [2.45, 2.75) is 26.4 Å². The van der Waals surface area contributed by atoms with Crippen molar-refractivity contribution in [1.82, 2.24) is 14.8 Å². The van der Waals surface area contributed by atoms with E-state index >= 15 is 0 Å². The molecule has 2 aromatic heterocycles. The maximum Gasteiger partial charge on any atom is 0.131 e. The van der Waals surface area contributed by atoms with E-state index in [1.54, 1.807) is 6.20 Å². The molecule has 6 heteroatoms. The van der Waals surface area contributed by atoms with Gasteiger partial charge in [0.1, 0.15) is 16.9 Å². The Hall–Kier alpha value is -1.33. The molecule has 0 aromatic carbocycles. The normalized spacial score (nSPS) is 20.2.